The molecule has 3 aliphatic rings. The van der Waals surface area contributed by atoms with E-state index >= 15 is 0 Å². The van der Waals surface area contributed by atoms with Crippen LogP contribution in [0, 0.1) is 23.2 Å². The fraction of sp³-hybridized carbons (Fsp3) is 0.944. The van der Waals surface area contributed by atoms with Crippen LogP contribution < -0.4 is 5.32 Å². The van der Waals surface area contributed by atoms with Crippen molar-refractivity contribution in [2.24, 2.45) is 11.8 Å². The number of nitrogens with one attached hydrogen (secondary N) is 1. The molecule has 4 atom stereocenters. The molecule has 0 bridgehead atoms. The lowest BCUT2D eigenvalue weighted by Crippen LogP contribution is -2.49. The number of hydrogen-bond donors (Lipinski definition) is 1. The van der Waals surface area contributed by atoms with Crippen LogP contribution in [0.4, 0.5) is 0 Å². The minimum Gasteiger partial charge on any atom is -0.302 e. The normalized spacial score (nSPS) is 40.7. The van der Waals surface area contributed by atoms with Gasteiger partial charge in [-0.1, -0.05) is 19.3 Å². The maximum atomic E-state index is 9.59. The van der Waals surface area contributed by atoms with Gasteiger partial charge in [-0.3, -0.25) is 0 Å². The first-order chi connectivity index (χ1) is 10.3. The van der Waals surface area contributed by atoms with Crippen molar-refractivity contribution in [1.29, 1.82) is 5.26 Å². The fourth-order valence-electron chi connectivity index (χ4n) is 5.33. The third-order valence-corrected chi connectivity index (χ3v) is 6.59. The molecule has 0 radical (unpaired) electrons. The van der Waals surface area contributed by atoms with Crippen LogP contribution >= 0.6 is 0 Å². The van der Waals surface area contributed by atoms with Crippen molar-refractivity contribution < 1.29 is 0 Å². The van der Waals surface area contributed by atoms with Crippen LogP contribution in [-0.4, -0.2) is 36.6 Å². The quantitative estimate of drug-likeness (QED) is 0.863. The topological polar surface area (TPSA) is 39.1 Å². The van der Waals surface area contributed by atoms with Crippen molar-refractivity contribution in [1.82, 2.24) is 10.2 Å². The highest BCUT2D eigenvalue weighted by molar-refractivity contribution is 5.13. The monoisotopic (exact) mass is 289 g/mol. The number of rotatable bonds is 4. The Morgan fingerprint density at radius 1 is 1.14 bits per heavy atom. The maximum absolute atomic E-state index is 9.59. The Hall–Kier alpha value is -0.590. The molecule has 2 aliphatic carbocycles. The van der Waals surface area contributed by atoms with Gasteiger partial charge in [-0.15, -0.1) is 0 Å². The Morgan fingerprint density at radius 3 is 2.76 bits per heavy atom. The maximum Gasteiger partial charge on any atom is 0.109 e. The highest BCUT2D eigenvalue weighted by Gasteiger charge is 2.42. The zero-order valence-corrected chi connectivity index (χ0v) is 13.6. The number of likely N-dealkylation sites (tertiary alicyclic amines) is 1. The standard InChI is InChI=1S/C18H31N3/c1-20-18(14-19)11-4-8-16(18)10-13-21-12-5-7-15-6-2-3-9-17(15)21/h15-17,20H,2-13H2,1H3. The van der Waals surface area contributed by atoms with E-state index in [0.717, 1.165) is 18.4 Å². The number of nitriles is 1. The predicted octanol–water partition coefficient (Wildman–Crippen LogP) is 3.31. The van der Waals surface area contributed by atoms with Gasteiger partial charge in [-0.2, -0.15) is 5.26 Å². The van der Waals surface area contributed by atoms with Gasteiger partial charge in [-0.25, -0.2) is 0 Å². The van der Waals surface area contributed by atoms with Gasteiger partial charge in [0.1, 0.15) is 5.54 Å². The van der Waals surface area contributed by atoms with E-state index < -0.39 is 0 Å². The first kappa shape index (κ1) is 15.3. The lowest BCUT2D eigenvalue weighted by Gasteiger charge is -2.45. The van der Waals surface area contributed by atoms with Gasteiger partial charge in [0, 0.05) is 6.04 Å². The molecule has 0 spiro atoms. The first-order valence-corrected chi connectivity index (χ1v) is 9.13. The minimum absolute atomic E-state index is 0.234. The molecule has 118 valence electrons. The van der Waals surface area contributed by atoms with Crippen molar-refractivity contribution in [2.75, 3.05) is 20.1 Å². The van der Waals surface area contributed by atoms with Crippen molar-refractivity contribution in [2.45, 2.75) is 75.8 Å². The van der Waals surface area contributed by atoms with E-state index in [9.17, 15) is 5.26 Å². The van der Waals surface area contributed by atoms with Crippen molar-refractivity contribution in [3.63, 3.8) is 0 Å². The molecule has 3 fully saturated rings. The van der Waals surface area contributed by atoms with Gasteiger partial charge in [0.15, 0.2) is 0 Å². The van der Waals surface area contributed by atoms with Gasteiger partial charge in [0.05, 0.1) is 6.07 Å². The molecule has 4 unspecified atom stereocenters. The van der Waals surface area contributed by atoms with Crippen molar-refractivity contribution in [3.05, 3.63) is 0 Å². The van der Waals surface area contributed by atoms with Gasteiger partial charge in [-0.05, 0) is 76.9 Å². The second-order valence-corrected chi connectivity index (χ2v) is 7.50. The third-order valence-electron chi connectivity index (χ3n) is 6.59. The van der Waals surface area contributed by atoms with Crippen LogP contribution in [-0.2, 0) is 0 Å². The van der Waals surface area contributed by atoms with Gasteiger partial charge in [0.2, 0.25) is 0 Å². The van der Waals surface area contributed by atoms with Crippen LogP contribution in [0.1, 0.15) is 64.2 Å². The lowest BCUT2D eigenvalue weighted by molar-refractivity contribution is 0.0542. The summed E-state index contributed by atoms with van der Waals surface area (Å²) in [5.41, 5.74) is -0.234. The van der Waals surface area contributed by atoms with E-state index in [0.29, 0.717) is 5.92 Å². The molecule has 0 aromatic carbocycles. The summed E-state index contributed by atoms with van der Waals surface area (Å²) in [6.07, 6.45) is 13.3. The van der Waals surface area contributed by atoms with Crippen LogP contribution in [0.5, 0.6) is 0 Å². The van der Waals surface area contributed by atoms with E-state index in [2.05, 4.69) is 16.3 Å². The Labute approximate surface area is 130 Å². The Morgan fingerprint density at radius 2 is 1.95 bits per heavy atom. The molecule has 2 saturated carbocycles. The minimum atomic E-state index is -0.234. The molecule has 0 amide bonds. The molecule has 3 heteroatoms. The Balaban J connectivity index is 1.58. The molecule has 3 rings (SSSR count). The molecule has 1 heterocycles. The summed E-state index contributed by atoms with van der Waals surface area (Å²) in [5, 5.41) is 12.9. The summed E-state index contributed by atoms with van der Waals surface area (Å²) < 4.78 is 0. The van der Waals surface area contributed by atoms with Crippen LogP contribution in [0.25, 0.3) is 0 Å². The summed E-state index contributed by atoms with van der Waals surface area (Å²) in [6, 6.07) is 3.45. The Kier molecular flexibility index (Phi) is 4.86. The molecule has 1 N–H and O–H groups in total. The molecular weight excluding hydrogens is 258 g/mol. The van der Waals surface area contributed by atoms with Crippen molar-refractivity contribution in [3.8, 4) is 6.07 Å². The van der Waals surface area contributed by atoms with Gasteiger partial charge in [0.25, 0.3) is 0 Å². The van der Waals surface area contributed by atoms with E-state index in [4.69, 9.17) is 0 Å². The van der Waals surface area contributed by atoms with Crippen LogP contribution in [0.15, 0.2) is 0 Å². The predicted molar refractivity (Wildman–Crippen MR) is 85.9 cm³/mol. The Bertz CT molecular complexity index is 386. The molecule has 0 aromatic rings. The van der Waals surface area contributed by atoms with Gasteiger partial charge < -0.3 is 10.2 Å². The van der Waals surface area contributed by atoms with E-state index in [1.165, 1.54) is 70.9 Å². The van der Waals surface area contributed by atoms with Crippen molar-refractivity contribution >= 4 is 0 Å². The second-order valence-electron chi connectivity index (χ2n) is 7.50. The zero-order chi connectivity index (χ0) is 14.7. The van der Waals surface area contributed by atoms with Gasteiger partial charge >= 0.3 is 0 Å². The van der Waals surface area contributed by atoms with E-state index in [-0.39, 0.29) is 5.54 Å². The molecule has 21 heavy (non-hydrogen) atoms. The largest absolute Gasteiger partial charge is 0.302 e. The van der Waals surface area contributed by atoms with Crippen LogP contribution in [0.3, 0.4) is 0 Å². The number of piperidine rings is 1. The smallest absolute Gasteiger partial charge is 0.109 e. The molecule has 0 aromatic heterocycles. The first-order valence-electron chi connectivity index (χ1n) is 9.13. The summed E-state index contributed by atoms with van der Waals surface area (Å²) in [4.78, 5) is 2.78. The third kappa shape index (κ3) is 2.98. The highest BCUT2D eigenvalue weighted by Crippen LogP contribution is 2.39. The molecule has 1 saturated heterocycles. The average Bonchev–Trinajstić information content (AvgIpc) is 2.96. The number of hydrogen-bond acceptors (Lipinski definition) is 3. The molecular formula is C18H31N3. The summed E-state index contributed by atoms with van der Waals surface area (Å²) in [6.45, 7) is 2.52. The van der Waals surface area contributed by atoms with Crippen LogP contribution in [0.2, 0.25) is 0 Å². The number of nitrogens with zero attached hydrogens (tertiary/aromatic N) is 2. The highest BCUT2D eigenvalue weighted by atomic mass is 15.2. The average molecular weight is 289 g/mol. The SMILES string of the molecule is CNC1(C#N)CCCC1CCN1CCCC2CCCCC21. The molecule has 1 aliphatic heterocycles. The second kappa shape index (κ2) is 6.67. The lowest BCUT2D eigenvalue weighted by atomic mass is 9.78. The number of fused-ring (bicyclic) bond motifs is 1. The summed E-state index contributed by atoms with van der Waals surface area (Å²) in [7, 11) is 1.97. The summed E-state index contributed by atoms with van der Waals surface area (Å²) in [5.74, 6) is 1.53. The fourth-order valence-corrected chi connectivity index (χ4v) is 5.33. The van der Waals surface area contributed by atoms with E-state index in [1.807, 2.05) is 7.05 Å². The summed E-state index contributed by atoms with van der Waals surface area (Å²) >= 11 is 0. The zero-order valence-electron chi connectivity index (χ0n) is 13.6. The van der Waals surface area contributed by atoms with E-state index in [1.54, 1.807) is 0 Å². The molecule has 3 nitrogen and oxygen atoms in total.